The second-order valence-electron chi connectivity index (χ2n) is 7.41. The van der Waals surface area contributed by atoms with Gasteiger partial charge in [0.25, 0.3) is 5.91 Å². The summed E-state index contributed by atoms with van der Waals surface area (Å²) in [5, 5.41) is 6.75. The number of benzene rings is 1. The second kappa shape index (κ2) is 6.35. The lowest BCUT2D eigenvalue weighted by Crippen LogP contribution is -2.16. The van der Waals surface area contributed by atoms with E-state index < -0.39 is 29.4 Å². The zero-order chi connectivity index (χ0) is 21.2. The summed E-state index contributed by atoms with van der Waals surface area (Å²) < 4.78 is 66.9. The maximum atomic E-state index is 14.3. The number of rotatable bonds is 3. The van der Waals surface area contributed by atoms with E-state index >= 15 is 0 Å². The number of nitrogens with one attached hydrogen (secondary N) is 1. The molecule has 1 fully saturated rings. The molecule has 2 aromatic heterocycles. The van der Waals surface area contributed by atoms with Gasteiger partial charge in [-0.1, -0.05) is 0 Å². The molecule has 2 aliphatic rings. The molecule has 1 unspecified atom stereocenters. The van der Waals surface area contributed by atoms with Gasteiger partial charge in [-0.15, -0.1) is 0 Å². The summed E-state index contributed by atoms with van der Waals surface area (Å²) in [6, 6.07) is 4.98. The fourth-order valence-electron chi connectivity index (χ4n) is 3.96. The molecular weight excluding hydrogens is 407 g/mol. The molecule has 0 bridgehead atoms. The van der Waals surface area contributed by atoms with Crippen molar-refractivity contribution >= 4 is 11.6 Å². The largest absolute Gasteiger partial charge is 0.433 e. The number of pyridine rings is 1. The van der Waals surface area contributed by atoms with Crippen LogP contribution in [0.5, 0.6) is 0 Å². The minimum atomic E-state index is -4.58. The van der Waals surface area contributed by atoms with E-state index in [9.17, 15) is 26.7 Å². The van der Waals surface area contributed by atoms with Gasteiger partial charge in [-0.2, -0.15) is 18.3 Å². The fourth-order valence-corrected chi connectivity index (χ4v) is 3.96. The van der Waals surface area contributed by atoms with Gasteiger partial charge >= 0.3 is 6.18 Å². The van der Waals surface area contributed by atoms with Crippen LogP contribution in [0.2, 0.25) is 0 Å². The number of carbonyl (C=O) groups is 1. The van der Waals surface area contributed by atoms with Crippen molar-refractivity contribution in [2.24, 2.45) is 5.92 Å². The van der Waals surface area contributed by atoms with Crippen LogP contribution in [0.25, 0.3) is 5.69 Å². The molecule has 154 valence electrons. The number of carbonyl (C=O) groups excluding carboxylic acids is 1. The van der Waals surface area contributed by atoms with E-state index in [4.69, 9.17) is 0 Å². The Kier molecular flexibility index (Phi) is 3.96. The first kappa shape index (κ1) is 18.7. The molecule has 1 N–H and O–H groups in total. The molecule has 0 aliphatic heterocycles. The lowest BCUT2D eigenvalue weighted by molar-refractivity contribution is -0.141. The number of hydrogen-bond acceptors (Lipinski definition) is 3. The van der Waals surface area contributed by atoms with Crippen molar-refractivity contribution < 1.29 is 26.7 Å². The van der Waals surface area contributed by atoms with Crippen LogP contribution in [0.3, 0.4) is 0 Å². The predicted octanol–water partition coefficient (Wildman–Crippen LogP) is 4.48. The number of aromatic nitrogens is 3. The van der Waals surface area contributed by atoms with Crippen LogP contribution in [-0.2, 0) is 12.6 Å². The fraction of sp³-hybridized carbons (Fsp3) is 0.250. The molecule has 1 saturated carbocycles. The van der Waals surface area contributed by atoms with Crippen LogP contribution in [0.15, 0.2) is 36.5 Å². The minimum Gasteiger partial charge on any atom is -0.319 e. The van der Waals surface area contributed by atoms with Crippen LogP contribution in [-0.4, -0.2) is 20.7 Å². The molecule has 1 amide bonds. The lowest BCUT2D eigenvalue weighted by Gasteiger charge is -2.08. The van der Waals surface area contributed by atoms with Crippen molar-refractivity contribution in [3.8, 4) is 5.69 Å². The van der Waals surface area contributed by atoms with Crippen molar-refractivity contribution in [2.45, 2.75) is 24.9 Å². The highest BCUT2D eigenvalue weighted by Gasteiger charge is 2.50. The summed E-state index contributed by atoms with van der Waals surface area (Å²) in [6.07, 6.45) is -2.15. The highest BCUT2D eigenvalue weighted by molar-refractivity contribution is 6.04. The van der Waals surface area contributed by atoms with Gasteiger partial charge in [-0.05, 0) is 43.0 Å². The molecule has 2 heterocycles. The Morgan fingerprint density at radius 2 is 1.97 bits per heavy atom. The van der Waals surface area contributed by atoms with Gasteiger partial charge in [0.15, 0.2) is 11.5 Å². The lowest BCUT2D eigenvalue weighted by atomic mass is 10.1. The first-order valence-corrected chi connectivity index (χ1v) is 9.14. The van der Waals surface area contributed by atoms with Gasteiger partial charge < -0.3 is 5.32 Å². The van der Waals surface area contributed by atoms with E-state index in [-0.39, 0.29) is 23.0 Å². The number of hydrogen-bond donors (Lipinski definition) is 1. The molecular formula is C20H13F5N4O. The standard InChI is InChI=1S/C20H13F5N4O/c21-10-1-3-15(14(22)7-10)29-18-12-5-9(12)6-13(18)17(28-29)19(30)27-11-2-4-16(26-8-11)20(23,24)25/h1-4,7-9,12H,5-6H2,(H,27,30)/t9?,12-/m1/s1. The Balaban J connectivity index is 1.48. The highest BCUT2D eigenvalue weighted by atomic mass is 19.4. The van der Waals surface area contributed by atoms with Crippen molar-refractivity contribution in [1.29, 1.82) is 0 Å². The topological polar surface area (TPSA) is 59.8 Å². The molecule has 0 spiro atoms. The maximum absolute atomic E-state index is 14.3. The Labute approximate surface area is 166 Å². The first-order chi connectivity index (χ1) is 14.2. The third kappa shape index (κ3) is 3.03. The summed E-state index contributed by atoms with van der Waals surface area (Å²) in [5.74, 6) is -1.64. The van der Waals surface area contributed by atoms with Gasteiger partial charge in [-0.25, -0.2) is 18.4 Å². The molecule has 5 rings (SSSR count). The van der Waals surface area contributed by atoms with Crippen molar-refractivity contribution in [3.63, 3.8) is 0 Å². The molecule has 2 atom stereocenters. The number of alkyl halides is 3. The van der Waals surface area contributed by atoms with Crippen molar-refractivity contribution in [1.82, 2.24) is 14.8 Å². The normalized spacial score (nSPS) is 19.4. The van der Waals surface area contributed by atoms with E-state index in [1.54, 1.807) is 0 Å². The van der Waals surface area contributed by atoms with Crippen molar-refractivity contribution in [2.75, 3.05) is 5.32 Å². The quantitative estimate of drug-likeness (QED) is 0.636. The van der Waals surface area contributed by atoms with Crippen LogP contribution in [0, 0.1) is 17.6 Å². The van der Waals surface area contributed by atoms with Crippen LogP contribution in [0.1, 0.15) is 39.8 Å². The molecule has 3 aromatic rings. The number of anilines is 1. The Bertz CT molecular complexity index is 1170. The van der Waals surface area contributed by atoms with E-state index in [0.29, 0.717) is 17.9 Å². The van der Waals surface area contributed by atoms with Crippen molar-refractivity contribution in [3.05, 3.63) is 70.8 Å². The average molecular weight is 420 g/mol. The third-order valence-electron chi connectivity index (χ3n) is 5.43. The molecule has 2 aliphatic carbocycles. The van der Waals surface area contributed by atoms with E-state index in [1.165, 1.54) is 10.7 Å². The highest BCUT2D eigenvalue weighted by Crippen LogP contribution is 2.57. The summed E-state index contributed by atoms with van der Waals surface area (Å²) in [6.45, 7) is 0. The van der Waals surface area contributed by atoms with E-state index in [1.807, 2.05) is 0 Å². The number of fused-ring (bicyclic) bond motifs is 3. The Hall–Kier alpha value is -3.30. The van der Waals surface area contributed by atoms with Gasteiger partial charge in [0, 0.05) is 17.5 Å². The van der Waals surface area contributed by atoms with Gasteiger partial charge in [0.1, 0.15) is 17.2 Å². The zero-order valence-corrected chi connectivity index (χ0v) is 15.2. The zero-order valence-electron chi connectivity index (χ0n) is 15.2. The minimum absolute atomic E-state index is 0.0375. The van der Waals surface area contributed by atoms with Crippen LogP contribution >= 0.6 is 0 Å². The Morgan fingerprint density at radius 3 is 2.63 bits per heavy atom. The molecule has 5 nitrogen and oxygen atoms in total. The number of amides is 1. The summed E-state index contributed by atoms with van der Waals surface area (Å²) in [5.41, 5.74) is 0.514. The summed E-state index contributed by atoms with van der Waals surface area (Å²) in [7, 11) is 0. The van der Waals surface area contributed by atoms with Crippen LogP contribution < -0.4 is 5.32 Å². The third-order valence-corrected chi connectivity index (χ3v) is 5.43. The average Bonchev–Trinajstić information content (AvgIpc) is 3.18. The molecule has 1 aromatic carbocycles. The number of halogens is 5. The van der Waals surface area contributed by atoms with E-state index in [0.717, 1.165) is 42.6 Å². The second-order valence-corrected chi connectivity index (χ2v) is 7.41. The van der Waals surface area contributed by atoms with Crippen LogP contribution in [0.4, 0.5) is 27.6 Å². The van der Waals surface area contributed by atoms with Gasteiger partial charge in [0.05, 0.1) is 17.6 Å². The molecule has 0 saturated heterocycles. The van der Waals surface area contributed by atoms with Gasteiger partial charge in [0.2, 0.25) is 0 Å². The molecule has 0 radical (unpaired) electrons. The summed E-state index contributed by atoms with van der Waals surface area (Å²) >= 11 is 0. The molecule has 30 heavy (non-hydrogen) atoms. The Morgan fingerprint density at radius 1 is 1.17 bits per heavy atom. The molecule has 10 heteroatoms. The number of nitrogens with zero attached hydrogens (tertiary/aromatic N) is 3. The smallest absolute Gasteiger partial charge is 0.319 e. The van der Waals surface area contributed by atoms with E-state index in [2.05, 4.69) is 15.4 Å². The summed E-state index contributed by atoms with van der Waals surface area (Å²) in [4.78, 5) is 16.1. The maximum Gasteiger partial charge on any atom is 0.433 e. The van der Waals surface area contributed by atoms with Gasteiger partial charge in [-0.3, -0.25) is 4.79 Å². The monoisotopic (exact) mass is 420 g/mol. The first-order valence-electron chi connectivity index (χ1n) is 9.14. The SMILES string of the molecule is O=C(Nc1ccc(C(F)(F)F)nc1)c1nn(-c2ccc(F)cc2F)c2c1CC1C[C@@H]21. The predicted molar refractivity (Wildman–Crippen MR) is 95.2 cm³/mol.